The average molecular weight is 330 g/mol. The normalized spacial score (nSPS) is 25.8. The summed E-state index contributed by atoms with van der Waals surface area (Å²) < 4.78 is 11.1. The van der Waals surface area contributed by atoms with Gasteiger partial charge in [-0.2, -0.15) is 0 Å². The molecule has 0 N–H and O–H groups in total. The fourth-order valence-electron chi connectivity index (χ4n) is 3.77. The van der Waals surface area contributed by atoms with Crippen LogP contribution >= 0.6 is 0 Å². The molecule has 1 aromatic rings. The van der Waals surface area contributed by atoms with Crippen LogP contribution in [0.25, 0.3) is 0 Å². The highest BCUT2D eigenvalue weighted by Gasteiger charge is 2.63. The van der Waals surface area contributed by atoms with Crippen molar-refractivity contribution in [2.75, 3.05) is 6.61 Å². The van der Waals surface area contributed by atoms with Crippen LogP contribution in [0.1, 0.15) is 56.3 Å². The second-order valence-corrected chi connectivity index (χ2v) is 7.57. The minimum atomic E-state index is -0.335. The van der Waals surface area contributed by atoms with Crippen molar-refractivity contribution in [3.63, 3.8) is 0 Å². The lowest BCUT2D eigenvalue weighted by Crippen LogP contribution is -2.23. The van der Waals surface area contributed by atoms with E-state index in [-0.39, 0.29) is 41.9 Å². The van der Waals surface area contributed by atoms with Gasteiger partial charge in [0.1, 0.15) is 6.10 Å². The molecule has 0 bridgehead atoms. The van der Waals surface area contributed by atoms with Gasteiger partial charge in [0.25, 0.3) is 0 Å². The lowest BCUT2D eigenvalue weighted by molar-refractivity contribution is -0.153. The first-order valence-electron chi connectivity index (χ1n) is 8.93. The summed E-state index contributed by atoms with van der Waals surface area (Å²) in [5.74, 6) is -0.574. The van der Waals surface area contributed by atoms with Gasteiger partial charge in [0.05, 0.1) is 18.1 Å². The molecular weight excluding hydrogens is 304 g/mol. The van der Waals surface area contributed by atoms with E-state index in [1.165, 1.54) is 6.42 Å². The molecule has 2 unspecified atom stereocenters. The number of esters is 2. The number of hydrogen-bond donors (Lipinski definition) is 0. The van der Waals surface area contributed by atoms with Crippen LogP contribution in [0.2, 0.25) is 0 Å². The van der Waals surface area contributed by atoms with Crippen LogP contribution in [0, 0.1) is 17.3 Å². The van der Waals surface area contributed by atoms with Gasteiger partial charge in [-0.1, -0.05) is 38.5 Å². The van der Waals surface area contributed by atoms with Gasteiger partial charge in [-0.25, -0.2) is 4.79 Å². The highest BCUT2D eigenvalue weighted by Crippen LogP contribution is 2.59. The van der Waals surface area contributed by atoms with Crippen LogP contribution in [-0.2, 0) is 14.3 Å². The standard InChI is InChI=1S/C20H26O4/c1-20(2)16(13-23-18(21)14-9-5-3-6-10-14)17(20)19(22)24-15-11-7-4-8-12-15/h3,5-6,9-10,15-17H,4,7-8,11-13H2,1-2H3. The molecule has 0 aromatic heterocycles. The summed E-state index contributed by atoms with van der Waals surface area (Å²) in [5, 5.41) is 0. The highest BCUT2D eigenvalue weighted by atomic mass is 16.5. The Kier molecular flexibility index (Phi) is 4.93. The van der Waals surface area contributed by atoms with Gasteiger partial charge < -0.3 is 9.47 Å². The molecule has 1 aromatic carbocycles. The third kappa shape index (κ3) is 3.63. The van der Waals surface area contributed by atoms with E-state index in [1.54, 1.807) is 12.1 Å². The maximum Gasteiger partial charge on any atom is 0.338 e. The van der Waals surface area contributed by atoms with Crippen LogP contribution < -0.4 is 0 Å². The average Bonchev–Trinajstić information content (AvgIpc) is 3.15. The molecule has 2 aliphatic carbocycles. The molecule has 0 aliphatic heterocycles. The zero-order chi connectivity index (χ0) is 17.2. The molecule has 0 saturated heterocycles. The van der Waals surface area contributed by atoms with E-state index in [9.17, 15) is 9.59 Å². The van der Waals surface area contributed by atoms with E-state index in [2.05, 4.69) is 0 Å². The number of rotatable bonds is 5. The predicted molar refractivity (Wildman–Crippen MR) is 90.5 cm³/mol. The minimum Gasteiger partial charge on any atom is -0.462 e. The number of ether oxygens (including phenoxy) is 2. The molecule has 130 valence electrons. The van der Waals surface area contributed by atoms with Gasteiger partial charge in [-0.05, 0) is 43.2 Å². The van der Waals surface area contributed by atoms with Gasteiger partial charge in [-0.3, -0.25) is 4.79 Å². The summed E-state index contributed by atoms with van der Waals surface area (Å²) in [5.41, 5.74) is 0.375. The molecule has 2 fully saturated rings. The minimum absolute atomic E-state index is 0.0428. The molecule has 4 nitrogen and oxygen atoms in total. The van der Waals surface area contributed by atoms with Crippen LogP contribution in [0.3, 0.4) is 0 Å². The topological polar surface area (TPSA) is 52.6 Å². The smallest absolute Gasteiger partial charge is 0.338 e. The Balaban J connectivity index is 1.51. The molecule has 0 heterocycles. The Morgan fingerprint density at radius 2 is 1.75 bits per heavy atom. The van der Waals surface area contributed by atoms with Crippen LogP contribution in [0.4, 0.5) is 0 Å². The Morgan fingerprint density at radius 3 is 2.42 bits per heavy atom. The largest absolute Gasteiger partial charge is 0.462 e. The summed E-state index contributed by atoms with van der Waals surface area (Å²) in [7, 11) is 0. The summed E-state index contributed by atoms with van der Waals surface area (Å²) >= 11 is 0. The molecule has 2 saturated carbocycles. The van der Waals surface area contributed by atoms with E-state index >= 15 is 0 Å². The van der Waals surface area contributed by atoms with Crippen molar-refractivity contribution in [1.82, 2.24) is 0 Å². The molecule has 3 rings (SSSR count). The Morgan fingerprint density at radius 1 is 1.08 bits per heavy atom. The summed E-state index contributed by atoms with van der Waals surface area (Å²) in [6, 6.07) is 8.94. The molecule has 24 heavy (non-hydrogen) atoms. The van der Waals surface area contributed by atoms with Crippen molar-refractivity contribution in [3.8, 4) is 0 Å². The highest BCUT2D eigenvalue weighted by molar-refractivity contribution is 5.89. The van der Waals surface area contributed by atoms with E-state index in [1.807, 2.05) is 32.0 Å². The van der Waals surface area contributed by atoms with Crippen LogP contribution in [-0.4, -0.2) is 24.6 Å². The first-order valence-corrected chi connectivity index (χ1v) is 8.93. The van der Waals surface area contributed by atoms with Gasteiger partial charge in [0.15, 0.2) is 0 Å². The van der Waals surface area contributed by atoms with Crippen LogP contribution in [0.5, 0.6) is 0 Å². The van der Waals surface area contributed by atoms with Crippen molar-refractivity contribution >= 4 is 11.9 Å². The quantitative estimate of drug-likeness (QED) is 0.766. The maximum absolute atomic E-state index is 12.5. The van der Waals surface area contributed by atoms with Gasteiger partial charge >= 0.3 is 11.9 Å². The molecule has 0 amide bonds. The number of hydrogen-bond acceptors (Lipinski definition) is 4. The van der Waals surface area contributed by atoms with Crippen molar-refractivity contribution in [3.05, 3.63) is 35.9 Å². The van der Waals surface area contributed by atoms with Crippen molar-refractivity contribution in [1.29, 1.82) is 0 Å². The molecular formula is C20H26O4. The van der Waals surface area contributed by atoms with E-state index < -0.39 is 0 Å². The summed E-state index contributed by atoms with van der Waals surface area (Å²) in [6.07, 6.45) is 5.56. The molecule has 4 heteroatoms. The zero-order valence-electron chi connectivity index (χ0n) is 14.5. The summed E-state index contributed by atoms with van der Waals surface area (Å²) in [6.45, 7) is 4.35. The van der Waals surface area contributed by atoms with Gasteiger partial charge in [-0.15, -0.1) is 0 Å². The fraction of sp³-hybridized carbons (Fsp3) is 0.600. The Labute approximate surface area is 143 Å². The van der Waals surface area contributed by atoms with E-state index in [0.29, 0.717) is 5.56 Å². The lowest BCUT2D eigenvalue weighted by atomic mass is 9.98. The first-order chi connectivity index (χ1) is 11.5. The number of carbonyl (C=O) groups is 2. The Hall–Kier alpha value is -1.84. The zero-order valence-corrected chi connectivity index (χ0v) is 14.5. The van der Waals surface area contributed by atoms with Gasteiger partial charge in [0.2, 0.25) is 0 Å². The maximum atomic E-state index is 12.5. The molecule has 0 radical (unpaired) electrons. The van der Waals surface area contributed by atoms with E-state index in [0.717, 1.165) is 25.7 Å². The van der Waals surface area contributed by atoms with Crippen LogP contribution in [0.15, 0.2) is 30.3 Å². The van der Waals surface area contributed by atoms with Crippen molar-refractivity contribution in [2.45, 2.75) is 52.1 Å². The molecule has 2 atom stereocenters. The summed E-state index contributed by atoms with van der Waals surface area (Å²) in [4.78, 5) is 24.5. The third-order valence-corrected chi connectivity index (χ3v) is 5.54. The Bertz CT molecular complexity index is 587. The molecule has 0 spiro atoms. The van der Waals surface area contributed by atoms with E-state index in [4.69, 9.17) is 9.47 Å². The number of carbonyl (C=O) groups excluding carboxylic acids is 2. The lowest BCUT2D eigenvalue weighted by Gasteiger charge is -2.22. The third-order valence-electron chi connectivity index (χ3n) is 5.54. The predicted octanol–water partition coefficient (Wildman–Crippen LogP) is 3.99. The number of benzene rings is 1. The second kappa shape index (κ2) is 6.96. The molecule has 2 aliphatic rings. The van der Waals surface area contributed by atoms with Crippen molar-refractivity contribution in [2.24, 2.45) is 17.3 Å². The SMILES string of the molecule is CC1(C)C(COC(=O)c2ccccc2)C1C(=O)OC1CCCCC1. The first kappa shape index (κ1) is 17.0. The van der Waals surface area contributed by atoms with Crippen molar-refractivity contribution < 1.29 is 19.1 Å². The fourth-order valence-corrected chi connectivity index (χ4v) is 3.77. The van der Waals surface area contributed by atoms with Gasteiger partial charge in [0, 0.05) is 5.92 Å². The second-order valence-electron chi connectivity index (χ2n) is 7.57. The monoisotopic (exact) mass is 330 g/mol.